The van der Waals surface area contributed by atoms with E-state index in [9.17, 15) is 9.59 Å². The van der Waals surface area contributed by atoms with Gasteiger partial charge in [-0.05, 0) is 74.2 Å². The van der Waals surface area contributed by atoms with Gasteiger partial charge in [0.25, 0.3) is 0 Å². The Hall–Kier alpha value is -4.21. The molecule has 0 bridgehead atoms. The Morgan fingerprint density at radius 1 is 0.913 bits per heavy atom. The van der Waals surface area contributed by atoms with Crippen molar-refractivity contribution in [2.45, 2.75) is 51.4 Å². The van der Waals surface area contributed by atoms with E-state index in [-0.39, 0.29) is 47.8 Å². The Bertz CT molecular complexity index is 1730. The molecule has 0 radical (unpaired) electrons. The number of hydrogen-bond donors (Lipinski definition) is 1. The van der Waals surface area contributed by atoms with Gasteiger partial charge in [-0.3, -0.25) is 9.59 Å². The number of methoxy groups -OCH3 is 2. The summed E-state index contributed by atoms with van der Waals surface area (Å²) in [5.41, 5.74) is 2.63. The lowest BCUT2D eigenvalue weighted by molar-refractivity contribution is -0.120. The first-order valence-electron chi connectivity index (χ1n) is 15.8. The molecule has 242 valence electrons. The second kappa shape index (κ2) is 14.5. The minimum atomic E-state index is -0.275. The van der Waals surface area contributed by atoms with E-state index in [4.69, 9.17) is 30.5 Å². The summed E-state index contributed by atoms with van der Waals surface area (Å²) < 4.78 is 25.3. The van der Waals surface area contributed by atoms with Crippen LogP contribution >= 0.6 is 11.6 Å². The highest BCUT2D eigenvalue weighted by Gasteiger charge is 2.29. The van der Waals surface area contributed by atoms with Crippen molar-refractivity contribution >= 4 is 28.4 Å². The molecule has 3 aromatic carbocycles. The first-order valence-corrected chi connectivity index (χ1v) is 16.2. The van der Waals surface area contributed by atoms with Gasteiger partial charge in [-0.2, -0.15) is 0 Å². The first-order chi connectivity index (χ1) is 22.4. The fourth-order valence-corrected chi connectivity index (χ4v) is 6.18. The number of amides is 1. The zero-order valence-electron chi connectivity index (χ0n) is 26.4. The van der Waals surface area contributed by atoms with Crippen LogP contribution in [0.5, 0.6) is 23.0 Å². The lowest BCUT2D eigenvalue weighted by atomic mass is 10.1. The number of aromatic nitrogens is 1. The summed E-state index contributed by atoms with van der Waals surface area (Å²) in [5, 5.41) is 3.50. The largest absolute Gasteiger partial charge is 0.497 e. The Morgan fingerprint density at radius 2 is 1.52 bits per heavy atom. The molecule has 1 saturated carbocycles. The number of ether oxygens (including phenoxy) is 4. The maximum atomic E-state index is 14.0. The second-order valence-corrected chi connectivity index (χ2v) is 12.3. The number of fused-ring (bicyclic) bond motifs is 1. The summed E-state index contributed by atoms with van der Waals surface area (Å²) in [6.07, 6.45) is 6.17. The van der Waals surface area contributed by atoms with Gasteiger partial charge < -0.3 is 33.7 Å². The topological polar surface area (TPSA) is 91.3 Å². The second-order valence-electron chi connectivity index (χ2n) is 11.9. The number of likely N-dealkylation sites (tertiary alicyclic amines) is 1. The molecular formula is C36H40ClN3O6. The molecule has 4 aromatic rings. The number of halogens is 1. The zero-order valence-corrected chi connectivity index (χ0v) is 27.1. The lowest BCUT2D eigenvalue weighted by Crippen LogP contribution is -2.35. The predicted molar refractivity (Wildman–Crippen MR) is 179 cm³/mol. The molecular weight excluding hydrogens is 606 g/mol. The van der Waals surface area contributed by atoms with E-state index >= 15 is 0 Å². The first kappa shape index (κ1) is 31.8. The summed E-state index contributed by atoms with van der Waals surface area (Å²) in [7, 11) is 3.25. The quantitative estimate of drug-likeness (QED) is 0.182. The highest BCUT2D eigenvalue weighted by atomic mass is 35.5. The van der Waals surface area contributed by atoms with Crippen LogP contribution < -0.4 is 29.7 Å². The average Bonchev–Trinajstić information content (AvgIpc) is 3.79. The number of nitrogens with zero attached hydrogens (tertiary/aromatic N) is 2. The van der Waals surface area contributed by atoms with Gasteiger partial charge >= 0.3 is 0 Å². The van der Waals surface area contributed by atoms with Crippen molar-refractivity contribution in [2.24, 2.45) is 0 Å². The van der Waals surface area contributed by atoms with E-state index < -0.39 is 0 Å². The van der Waals surface area contributed by atoms with E-state index in [0.717, 1.165) is 55.1 Å². The molecule has 0 spiro atoms. The SMILES string of the molecule is COc1ccc(COc2cc3c(c(Cl)c2OCc2ccc(OC)cc2)c(=O)c(CC(=O)NCCN2CCCC2)cn3C2CC2)cc1. The van der Waals surface area contributed by atoms with Crippen molar-refractivity contribution in [3.63, 3.8) is 0 Å². The molecule has 1 aliphatic heterocycles. The molecule has 1 aliphatic carbocycles. The van der Waals surface area contributed by atoms with Gasteiger partial charge in [-0.15, -0.1) is 0 Å². The maximum Gasteiger partial charge on any atom is 0.224 e. The molecule has 10 heteroatoms. The normalized spacial score (nSPS) is 14.8. The van der Waals surface area contributed by atoms with Gasteiger partial charge in [0.1, 0.15) is 24.7 Å². The summed E-state index contributed by atoms with van der Waals surface area (Å²) in [6, 6.07) is 17.2. The molecule has 46 heavy (non-hydrogen) atoms. The number of nitrogens with one attached hydrogen (secondary N) is 1. The number of pyridine rings is 1. The summed E-state index contributed by atoms with van der Waals surface area (Å²) in [6.45, 7) is 3.97. The Morgan fingerprint density at radius 3 is 2.11 bits per heavy atom. The van der Waals surface area contributed by atoms with Gasteiger partial charge in [-0.1, -0.05) is 35.9 Å². The highest BCUT2D eigenvalue weighted by Crippen LogP contribution is 2.44. The van der Waals surface area contributed by atoms with Gasteiger partial charge in [0, 0.05) is 37.0 Å². The molecule has 2 heterocycles. The third-order valence-electron chi connectivity index (χ3n) is 8.59. The van der Waals surface area contributed by atoms with Crippen LogP contribution in [0.2, 0.25) is 5.02 Å². The van der Waals surface area contributed by atoms with Gasteiger partial charge in [0.05, 0.1) is 36.6 Å². The van der Waals surface area contributed by atoms with Crippen molar-refractivity contribution < 1.29 is 23.7 Å². The van der Waals surface area contributed by atoms with E-state index in [1.54, 1.807) is 14.2 Å². The third kappa shape index (κ3) is 7.43. The fourth-order valence-electron chi connectivity index (χ4n) is 5.85. The van der Waals surface area contributed by atoms with Crippen LogP contribution in [0.15, 0.2) is 65.6 Å². The summed E-state index contributed by atoms with van der Waals surface area (Å²) in [4.78, 5) is 29.3. The van der Waals surface area contributed by atoms with Crippen LogP contribution in [0.4, 0.5) is 0 Å². The number of benzene rings is 3. The maximum absolute atomic E-state index is 14.0. The van der Waals surface area contributed by atoms with Crippen molar-refractivity contribution in [3.8, 4) is 23.0 Å². The average molecular weight is 646 g/mol. The monoisotopic (exact) mass is 645 g/mol. The van der Waals surface area contributed by atoms with Gasteiger partial charge in [-0.25, -0.2) is 0 Å². The Balaban J connectivity index is 1.32. The highest BCUT2D eigenvalue weighted by molar-refractivity contribution is 6.37. The third-order valence-corrected chi connectivity index (χ3v) is 8.95. The predicted octanol–water partition coefficient (Wildman–Crippen LogP) is 5.92. The van der Waals surface area contributed by atoms with Crippen LogP contribution in [0, 0.1) is 0 Å². The molecule has 1 amide bonds. The molecule has 2 aliphatic rings. The van der Waals surface area contributed by atoms with Gasteiger partial charge in [0.2, 0.25) is 5.91 Å². The standard InChI is InChI=1S/C36H40ClN3O6/c1-43-28-11-5-24(6-12-28)22-45-31-20-30-33(34(37)36(31)46-23-25-7-13-29(44-2)14-8-25)35(42)26(21-40(30)27-9-10-27)19-32(41)38-15-18-39-16-3-4-17-39/h5-8,11-14,20-21,27H,3-4,9-10,15-19,22-23H2,1-2H3,(H,38,41). The smallest absolute Gasteiger partial charge is 0.224 e. The summed E-state index contributed by atoms with van der Waals surface area (Å²) >= 11 is 7.09. The Kier molecular flexibility index (Phi) is 10.00. The Labute approximate surface area is 274 Å². The molecule has 6 rings (SSSR count). The fraction of sp³-hybridized carbons (Fsp3) is 0.389. The van der Waals surface area contributed by atoms with Crippen LogP contribution in [0.3, 0.4) is 0 Å². The lowest BCUT2D eigenvalue weighted by Gasteiger charge is -2.20. The molecule has 0 atom stereocenters. The molecule has 9 nitrogen and oxygen atoms in total. The number of rotatable bonds is 14. The van der Waals surface area contributed by atoms with Crippen LogP contribution in [-0.4, -0.2) is 55.8 Å². The van der Waals surface area contributed by atoms with E-state index in [0.29, 0.717) is 28.8 Å². The number of carbonyl (C=O) groups is 1. The summed E-state index contributed by atoms with van der Waals surface area (Å²) in [5.74, 6) is 2.03. The molecule has 1 N–H and O–H groups in total. The van der Waals surface area contributed by atoms with Crippen LogP contribution in [0.25, 0.3) is 10.9 Å². The van der Waals surface area contributed by atoms with Crippen molar-refractivity contribution in [2.75, 3.05) is 40.4 Å². The zero-order chi connectivity index (χ0) is 32.0. The molecule has 1 saturated heterocycles. The molecule has 2 fully saturated rings. The van der Waals surface area contributed by atoms with Crippen molar-refractivity contribution in [1.29, 1.82) is 0 Å². The number of carbonyl (C=O) groups excluding carboxylic acids is 1. The van der Waals surface area contributed by atoms with E-state index in [1.165, 1.54) is 12.8 Å². The van der Waals surface area contributed by atoms with Crippen LogP contribution in [-0.2, 0) is 24.4 Å². The molecule has 0 unspecified atom stereocenters. The molecule has 1 aromatic heterocycles. The van der Waals surface area contributed by atoms with E-state index in [2.05, 4.69) is 14.8 Å². The van der Waals surface area contributed by atoms with E-state index in [1.807, 2.05) is 60.8 Å². The van der Waals surface area contributed by atoms with Crippen LogP contribution in [0.1, 0.15) is 48.4 Å². The van der Waals surface area contributed by atoms with Gasteiger partial charge in [0.15, 0.2) is 16.9 Å². The number of hydrogen-bond acceptors (Lipinski definition) is 7. The van der Waals surface area contributed by atoms with Crippen molar-refractivity contribution in [1.82, 2.24) is 14.8 Å². The minimum Gasteiger partial charge on any atom is -0.497 e. The minimum absolute atomic E-state index is 0.0183. The van der Waals surface area contributed by atoms with Crippen molar-refractivity contribution in [3.05, 3.63) is 92.7 Å².